The summed E-state index contributed by atoms with van der Waals surface area (Å²) in [5, 5.41) is 10.4. The first-order valence-electron chi connectivity index (χ1n) is 9.84. The number of fused-ring (bicyclic) bond motifs is 1. The summed E-state index contributed by atoms with van der Waals surface area (Å²) in [7, 11) is 0. The van der Waals surface area contributed by atoms with Crippen LogP contribution in [-0.2, 0) is 6.54 Å². The maximum atomic E-state index is 12.9. The Morgan fingerprint density at radius 2 is 1.81 bits per heavy atom. The van der Waals surface area contributed by atoms with E-state index in [0.717, 1.165) is 56.5 Å². The Balaban J connectivity index is 1.58. The molecule has 0 bridgehead atoms. The summed E-state index contributed by atoms with van der Waals surface area (Å²) in [5.41, 5.74) is 1.86. The fourth-order valence-electron chi connectivity index (χ4n) is 3.96. The van der Waals surface area contributed by atoms with Crippen LogP contribution in [-0.4, -0.2) is 63.6 Å². The maximum Gasteiger partial charge on any atom is 0.352 e. The third-order valence-electron chi connectivity index (χ3n) is 5.84. The van der Waals surface area contributed by atoms with E-state index in [2.05, 4.69) is 18.7 Å². The fraction of sp³-hybridized carbons (Fsp3) is 0.524. The number of carbonyl (C=O) groups is 2. The minimum atomic E-state index is -0.912. The molecule has 1 aromatic carbocycles. The van der Waals surface area contributed by atoms with Gasteiger partial charge in [-0.1, -0.05) is 0 Å². The predicted octanol–water partition coefficient (Wildman–Crippen LogP) is 2.92. The number of aromatic nitrogens is 1. The van der Waals surface area contributed by atoms with E-state index in [4.69, 9.17) is 0 Å². The van der Waals surface area contributed by atoms with Crippen LogP contribution in [0.3, 0.4) is 0 Å². The third kappa shape index (κ3) is 3.58. The number of amides is 1. The number of benzene rings is 1. The minimum absolute atomic E-state index is 0.0344. The Bertz CT molecular complexity index is 874. The second kappa shape index (κ2) is 7.00. The molecule has 4 rings (SSSR count). The largest absolute Gasteiger partial charge is 0.477 e. The Kier molecular flexibility index (Phi) is 4.68. The molecule has 1 aromatic heterocycles. The van der Waals surface area contributed by atoms with Crippen molar-refractivity contribution >= 4 is 22.8 Å². The van der Waals surface area contributed by atoms with Gasteiger partial charge >= 0.3 is 5.97 Å². The van der Waals surface area contributed by atoms with E-state index in [1.54, 1.807) is 6.07 Å². The number of hydrogen-bond acceptors (Lipinski definition) is 3. The number of carboxylic acids is 1. The fourth-order valence-corrected chi connectivity index (χ4v) is 3.96. The van der Waals surface area contributed by atoms with Gasteiger partial charge in [0.05, 0.1) is 0 Å². The van der Waals surface area contributed by atoms with Crippen LogP contribution in [0.2, 0.25) is 0 Å². The summed E-state index contributed by atoms with van der Waals surface area (Å²) in [6.45, 7) is 8.36. The van der Waals surface area contributed by atoms with Gasteiger partial charge in [0, 0.05) is 55.2 Å². The van der Waals surface area contributed by atoms with E-state index in [9.17, 15) is 14.7 Å². The first-order valence-corrected chi connectivity index (χ1v) is 9.84. The number of carbonyl (C=O) groups excluding carboxylic acids is 1. The van der Waals surface area contributed by atoms with Crippen LogP contribution in [0.25, 0.3) is 10.9 Å². The zero-order valence-electron chi connectivity index (χ0n) is 16.0. The number of rotatable bonds is 5. The third-order valence-corrected chi connectivity index (χ3v) is 5.84. The van der Waals surface area contributed by atoms with Gasteiger partial charge in [0.2, 0.25) is 0 Å². The van der Waals surface area contributed by atoms with Gasteiger partial charge in [0.1, 0.15) is 5.69 Å². The zero-order valence-corrected chi connectivity index (χ0v) is 16.0. The van der Waals surface area contributed by atoms with Crippen LogP contribution >= 0.6 is 0 Å². The molecule has 0 spiro atoms. The molecule has 1 N–H and O–H groups in total. The summed E-state index contributed by atoms with van der Waals surface area (Å²) < 4.78 is 1.89. The van der Waals surface area contributed by atoms with Gasteiger partial charge in [-0.15, -0.1) is 0 Å². The van der Waals surface area contributed by atoms with E-state index in [0.29, 0.717) is 23.2 Å². The Morgan fingerprint density at radius 3 is 2.41 bits per heavy atom. The van der Waals surface area contributed by atoms with E-state index < -0.39 is 5.97 Å². The molecule has 0 atom stereocenters. The molecule has 2 heterocycles. The topological polar surface area (TPSA) is 65.8 Å². The van der Waals surface area contributed by atoms with Crippen molar-refractivity contribution in [2.24, 2.45) is 5.92 Å². The summed E-state index contributed by atoms with van der Waals surface area (Å²) in [5.74, 6) is -0.297. The molecule has 0 radical (unpaired) electrons. The molecule has 1 aliphatic carbocycles. The number of hydrogen-bond donors (Lipinski definition) is 1. The maximum absolute atomic E-state index is 12.9. The summed E-state index contributed by atoms with van der Waals surface area (Å²) in [6.07, 6.45) is 2.33. The van der Waals surface area contributed by atoms with Crippen molar-refractivity contribution in [1.29, 1.82) is 0 Å². The lowest BCUT2D eigenvalue weighted by Crippen LogP contribution is -2.50. The second-order valence-corrected chi connectivity index (χ2v) is 8.08. The lowest BCUT2D eigenvalue weighted by Gasteiger charge is -2.37. The molecule has 2 fully saturated rings. The number of piperazine rings is 1. The molecule has 1 saturated heterocycles. The average Bonchev–Trinajstić information content (AvgIpc) is 3.40. The smallest absolute Gasteiger partial charge is 0.352 e. The van der Waals surface area contributed by atoms with Gasteiger partial charge in [-0.25, -0.2) is 4.79 Å². The standard InChI is InChI=1S/C21H27N3O3/c1-14(2)22-7-9-23(10-8-22)20(25)16-5-6-18-17(11-16)12-19(21(26)27)24(18)13-15-3-4-15/h5-6,11-12,14-15H,3-4,7-10,13H2,1-2H3,(H,26,27). The van der Waals surface area contributed by atoms with Gasteiger partial charge < -0.3 is 14.6 Å². The van der Waals surface area contributed by atoms with Crippen LogP contribution in [0.5, 0.6) is 0 Å². The summed E-state index contributed by atoms with van der Waals surface area (Å²) in [6, 6.07) is 7.80. The van der Waals surface area contributed by atoms with Crippen LogP contribution in [0, 0.1) is 5.92 Å². The molecule has 1 saturated carbocycles. The number of aromatic carboxylic acids is 1. The highest BCUT2D eigenvalue weighted by Gasteiger charge is 2.27. The number of nitrogens with zero attached hydrogens (tertiary/aromatic N) is 3. The lowest BCUT2D eigenvalue weighted by atomic mass is 10.1. The zero-order chi connectivity index (χ0) is 19.1. The molecular formula is C21H27N3O3. The molecule has 1 amide bonds. The summed E-state index contributed by atoms with van der Waals surface area (Å²) >= 11 is 0. The second-order valence-electron chi connectivity index (χ2n) is 8.08. The Morgan fingerprint density at radius 1 is 1.11 bits per heavy atom. The SMILES string of the molecule is CC(C)N1CCN(C(=O)c2ccc3c(c2)cc(C(=O)O)n3CC2CC2)CC1. The molecule has 2 aromatic rings. The molecule has 144 valence electrons. The van der Waals surface area contributed by atoms with Gasteiger partial charge in [-0.2, -0.15) is 0 Å². The van der Waals surface area contributed by atoms with Crippen molar-refractivity contribution in [2.45, 2.75) is 39.3 Å². The monoisotopic (exact) mass is 369 g/mol. The molecule has 27 heavy (non-hydrogen) atoms. The minimum Gasteiger partial charge on any atom is -0.477 e. The van der Waals surface area contributed by atoms with Crippen molar-refractivity contribution in [2.75, 3.05) is 26.2 Å². The molecule has 0 unspecified atom stereocenters. The van der Waals surface area contributed by atoms with Crippen LogP contribution in [0.15, 0.2) is 24.3 Å². The average molecular weight is 369 g/mol. The molecule has 6 heteroatoms. The normalized spacial score (nSPS) is 18.4. The molecule has 1 aliphatic heterocycles. The van der Waals surface area contributed by atoms with Crippen LogP contribution in [0.4, 0.5) is 0 Å². The number of carboxylic acid groups (broad SMARTS) is 1. The van der Waals surface area contributed by atoms with Crippen LogP contribution in [0.1, 0.15) is 47.5 Å². The van der Waals surface area contributed by atoms with Crippen molar-refractivity contribution in [3.8, 4) is 0 Å². The van der Waals surface area contributed by atoms with E-state index in [1.807, 2.05) is 27.7 Å². The predicted molar refractivity (Wildman–Crippen MR) is 104 cm³/mol. The van der Waals surface area contributed by atoms with E-state index >= 15 is 0 Å². The Labute approximate surface area is 159 Å². The van der Waals surface area contributed by atoms with Crippen molar-refractivity contribution < 1.29 is 14.7 Å². The Hall–Kier alpha value is -2.34. The highest BCUT2D eigenvalue weighted by molar-refractivity contribution is 6.00. The van der Waals surface area contributed by atoms with Crippen molar-refractivity contribution in [1.82, 2.24) is 14.4 Å². The highest BCUT2D eigenvalue weighted by atomic mass is 16.4. The van der Waals surface area contributed by atoms with Crippen molar-refractivity contribution in [3.63, 3.8) is 0 Å². The first-order chi connectivity index (χ1) is 12.9. The van der Waals surface area contributed by atoms with Gasteiger partial charge in [0.25, 0.3) is 5.91 Å². The lowest BCUT2D eigenvalue weighted by molar-refractivity contribution is 0.0595. The van der Waals surface area contributed by atoms with E-state index in [-0.39, 0.29) is 5.91 Å². The van der Waals surface area contributed by atoms with E-state index in [1.165, 1.54) is 0 Å². The highest BCUT2D eigenvalue weighted by Crippen LogP contribution is 2.33. The quantitative estimate of drug-likeness (QED) is 0.880. The first kappa shape index (κ1) is 18.0. The van der Waals surface area contributed by atoms with Crippen LogP contribution < -0.4 is 0 Å². The van der Waals surface area contributed by atoms with Gasteiger partial charge in [-0.05, 0) is 56.9 Å². The summed E-state index contributed by atoms with van der Waals surface area (Å²) in [4.78, 5) is 28.8. The molecule has 2 aliphatic rings. The van der Waals surface area contributed by atoms with Gasteiger partial charge in [0.15, 0.2) is 0 Å². The van der Waals surface area contributed by atoms with Crippen molar-refractivity contribution in [3.05, 3.63) is 35.5 Å². The molecular weight excluding hydrogens is 342 g/mol. The van der Waals surface area contributed by atoms with Gasteiger partial charge in [-0.3, -0.25) is 9.69 Å². The molecule has 6 nitrogen and oxygen atoms in total.